The van der Waals surface area contributed by atoms with Crippen LogP contribution < -0.4 is 5.73 Å². The second-order valence-corrected chi connectivity index (χ2v) is 4.66. The van der Waals surface area contributed by atoms with Gasteiger partial charge in [0.15, 0.2) is 5.82 Å². The summed E-state index contributed by atoms with van der Waals surface area (Å²) in [5.74, 6) is 0.506. The molecule has 0 spiro atoms. The maximum absolute atomic E-state index is 5.96. The van der Waals surface area contributed by atoms with Gasteiger partial charge in [-0.05, 0) is 30.5 Å². The molecule has 0 aliphatic heterocycles. The second-order valence-electron chi connectivity index (χ2n) is 4.66. The number of benzene rings is 1. The molecule has 0 aliphatic carbocycles. The summed E-state index contributed by atoms with van der Waals surface area (Å²) in [6, 6.07) is 16.2. The Morgan fingerprint density at radius 1 is 0.950 bits per heavy atom. The van der Waals surface area contributed by atoms with Gasteiger partial charge in [-0.25, -0.2) is 0 Å². The van der Waals surface area contributed by atoms with Crippen LogP contribution in [0.3, 0.4) is 0 Å². The standard InChI is InChI=1S/C16H16N4/c17-16-15(13-8-4-5-11-18-13)14(19-20-16)10-9-12-6-2-1-3-7-12/h1-8,11H,9-10H2,(H3,17,19,20). The molecule has 2 aromatic heterocycles. The van der Waals surface area contributed by atoms with Crippen LogP contribution in [0.2, 0.25) is 0 Å². The maximum atomic E-state index is 5.96. The molecule has 20 heavy (non-hydrogen) atoms. The Morgan fingerprint density at radius 3 is 2.50 bits per heavy atom. The fourth-order valence-corrected chi connectivity index (χ4v) is 2.29. The number of hydrogen-bond acceptors (Lipinski definition) is 3. The van der Waals surface area contributed by atoms with E-state index >= 15 is 0 Å². The largest absolute Gasteiger partial charge is 0.382 e. The maximum Gasteiger partial charge on any atom is 0.154 e. The van der Waals surface area contributed by atoms with Gasteiger partial charge in [0.1, 0.15) is 0 Å². The van der Waals surface area contributed by atoms with Crippen LogP contribution in [0, 0.1) is 0 Å². The molecule has 4 heteroatoms. The van der Waals surface area contributed by atoms with Crippen LogP contribution in [0.4, 0.5) is 5.82 Å². The molecule has 3 aromatic rings. The third-order valence-corrected chi connectivity index (χ3v) is 3.30. The topological polar surface area (TPSA) is 67.6 Å². The molecular weight excluding hydrogens is 248 g/mol. The minimum atomic E-state index is 0.506. The second kappa shape index (κ2) is 5.57. The predicted molar refractivity (Wildman–Crippen MR) is 80.1 cm³/mol. The Bertz CT molecular complexity index is 674. The highest BCUT2D eigenvalue weighted by Gasteiger charge is 2.13. The van der Waals surface area contributed by atoms with Gasteiger partial charge in [0.25, 0.3) is 0 Å². The Hall–Kier alpha value is -2.62. The number of rotatable bonds is 4. The number of nitrogens with one attached hydrogen (secondary N) is 1. The summed E-state index contributed by atoms with van der Waals surface area (Å²) in [7, 11) is 0. The number of aromatic nitrogens is 3. The molecule has 0 unspecified atom stereocenters. The number of nitrogens with two attached hydrogens (primary N) is 1. The third kappa shape index (κ3) is 2.54. The summed E-state index contributed by atoms with van der Waals surface area (Å²) in [6.07, 6.45) is 3.57. The fraction of sp³-hybridized carbons (Fsp3) is 0.125. The van der Waals surface area contributed by atoms with Crippen molar-refractivity contribution in [1.29, 1.82) is 0 Å². The van der Waals surface area contributed by atoms with E-state index in [-0.39, 0.29) is 0 Å². The minimum Gasteiger partial charge on any atom is -0.382 e. The van der Waals surface area contributed by atoms with Crippen molar-refractivity contribution in [2.75, 3.05) is 5.73 Å². The number of aryl methyl sites for hydroxylation is 2. The number of anilines is 1. The van der Waals surface area contributed by atoms with Gasteiger partial charge in [0.2, 0.25) is 0 Å². The van der Waals surface area contributed by atoms with Crippen LogP contribution in [-0.4, -0.2) is 15.2 Å². The first-order chi connectivity index (χ1) is 9.84. The van der Waals surface area contributed by atoms with E-state index in [1.54, 1.807) is 6.20 Å². The van der Waals surface area contributed by atoms with Crippen molar-refractivity contribution in [2.45, 2.75) is 12.8 Å². The van der Waals surface area contributed by atoms with Crippen molar-refractivity contribution in [1.82, 2.24) is 15.2 Å². The van der Waals surface area contributed by atoms with Crippen LogP contribution in [0.5, 0.6) is 0 Å². The molecular formula is C16H16N4. The number of hydrogen-bond donors (Lipinski definition) is 2. The van der Waals surface area contributed by atoms with Gasteiger partial charge >= 0.3 is 0 Å². The Balaban J connectivity index is 1.85. The fourth-order valence-electron chi connectivity index (χ4n) is 2.29. The molecule has 0 bridgehead atoms. The quantitative estimate of drug-likeness (QED) is 0.761. The van der Waals surface area contributed by atoms with Crippen LogP contribution in [0.15, 0.2) is 54.7 Å². The summed E-state index contributed by atoms with van der Waals surface area (Å²) in [5.41, 5.74) is 10.1. The van der Waals surface area contributed by atoms with Crippen LogP contribution in [0.25, 0.3) is 11.3 Å². The molecule has 0 fully saturated rings. The van der Waals surface area contributed by atoms with Crippen molar-refractivity contribution in [2.24, 2.45) is 0 Å². The lowest BCUT2D eigenvalue weighted by Gasteiger charge is -2.04. The summed E-state index contributed by atoms with van der Waals surface area (Å²) in [5, 5.41) is 7.15. The number of pyridine rings is 1. The molecule has 0 aliphatic rings. The monoisotopic (exact) mass is 264 g/mol. The molecule has 0 radical (unpaired) electrons. The van der Waals surface area contributed by atoms with E-state index < -0.39 is 0 Å². The van der Waals surface area contributed by atoms with Crippen molar-refractivity contribution in [3.8, 4) is 11.3 Å². The number of aromatic amines is 1. The predicted octanol–water partition coefficient (Wildman–Crippen LogP) is 2.84. The van der Waals surface area contributed by atoms with Crippen LogP contribution >= 0.6 is 0 Å². The van der Waals surface area contributed by atoms with E-state index in [1.807, 2.05) is 24.3 Å². The Labute approximate surface area is 117 Å². The highest BCUT2D eigenvalue weighted by molar-refractivity contribution is 5.73. The molecule has 100 valence electrons. The van der Waals surface area contributed by atoms with Gasteiger partial charge in [0, 0.05) is 11.9 Å². The van der Waals surface area contributed by atoms with Gasteiger partial charge in [0.05, 0.1) is 11.3 Å². The SMILES string of the molecule is Nc1n[nH]c(CCc2ccccc2)c1-c1ccccn1. The molecule has 2 heterocycles. The molecule has 0 atom stereocenters. The average Bonchev–Trinajstić information content (AvgIpc) is 2.88. The van der Waals surface area contributed by atoms with E-state index in [4.69, 9.17) is 5.73 Å². The zero-order chi connectivity index (χ0) is 13.8. The number of nitrogen functional groups attached to an aromatic ring is 1. The molecule has 0 saturated heterocycles. The summed E-state index contributed by atoms with van der Waals surface area (Å²) in [6.45, 7) is 0. The molecule has 3 N–H and O–H groups in total. The van der Waals surface area contributed by atoms with Crippen molar-refractivity contribution < 1.29 is 0 Å². The summed E-state index contributed by atoms with van der Waals surface area (Å²) < 4.78 is 0. The summed E-state index contributed by atoms with van der Waals surface area (Å²) >= 11 is 0. The Kier molecular flexibility index (Phi) is 3.46. The molecule has 1 aromatic carbocycles. The van der Waals surface area contributed by atoms with E-state index in [0.29, 0.717) is 5.82 Å². The van der Waals surface area contributed by atoms with Crippen molar-refractivity contribution in [3.63, 3.8) is 0 Å². The van der Waals surface area contributed by atoms with E-state index in [1.165, 1.54) is 5.56 Å². The van der Waals surface area contributed by atoms with Gasteiger partial charge in [-0.1, -0.05) is 36.4 Å². The molecule has 0 saturated carbocycles. The van der Waals surface area contributed by atoms with Crippen molar-refractivity contribution in [3.05, 3.63) is 66.0 Å². The van der Waals surface area contributed by atoms with Gasteiger partial charge in [-0.2, -0.15) is 5.10 Å². The smallest absolute Gasteiger partial charge is 0.154 e. The van der Waals surface area contributed by atoms with E-state index in [9.17, 15) is 0 Å². The average molecular weight is 264 g/mol. The highest BCUT2D eigenvalue weighted by Crippen LogP contribution is 2.26. The molecule has 3 rings (SSSR count). The minimum absolute atomic E-state index is 0.506. The number of nitrogens with zero attached hydrogens (tertiary/aromatic N) is 2. The number of H-pyrrole nitrogens is 1. The van der Waals surface area contributed by atoms with Gasteiger partial charge in [-0.3, -0.25) is 10.1 Å². The van der Waals surface area contributed by atoms with Gasteiger partial charge in [-0.15, -0.1) is 0 Å². The summed E-state index contributed by atoms with van der Waals surface area (Å²) in [4.78, 5) is 4.36. The first-order valence-electron chi connectivity index (χ1n) is 6.62. The first kappa shape index (κ1) is 12.4. The lowest BCUT2D eigenvalue weighted by molar-refractivity contribution is 0.894. The molecule has 0 amide bonds. The Morgan fingerprint density at radius 2 is 1.75 bits per heavy atom. The molecule has 4 nitrogen and oxygen atoms in total. The first-order valence-corrected chi connectivity index (χ1v) is 6.62. The highest BCUT2D eigenvalue weighted by atomic mass is 15.2. The van der Waals surface area contributed by atoms with E-state index in [2.05, 4.69) is 39.4 Å². The lowest BCUT2D eigenvalue weighted by Crippen LogP contribution is -1.96. The van der Waals surface area contributed by atoms with E-state index in [0.717, 1.165) is 29.8 Å². The zero-order valence-corrected chi connectivity index (χ0v) is 11.1. The normalized spacial score (nSPS) is 10.6. The van der Waals surface area contributed by atoms with Gasteiger partial charge < -0.3 is 5.73 Å². The lowest BCUT2D eigenvalue weighted by atomic mass is 10.0. The third-order valence-electron chi connectivity index (χ3n) is 3.30. The zero-order valence-electron chi connectivity index (χ0n) is 11.1. The van der Waals surface area contributed by atoms with Crippen LogP contribution in [0.1, 0.15) is 11.3 Å². The van der Waals surface area contributed by atoms with Crippen LogP contribution in [-0.2, 0) is 12.8 Å². The van der Waals surface area contributed by atoms with Crippen molar-refractivity contribution >= 4 is 5.82 Å².